The van der Waals surface area contributed by atoms with Crippen molar-refractivity contribution in [2.75, 3.05) is 25.7 Å². The van der Waals surface area contributed by atoms with Gasteiger partial charge >= 0.3 is 0 Å². The van der Waals surface area contributed by atoms with Gasteiger partial charge in [-0.15, -0.1) is 0 Å². The van der Waals surface area contributed by atoms with Crippen LogP contribution in [-0.4, -0.2) is 26.7 Å². The summed E-state index contributed by atoms with van der Waals surface area (Å²) in [6, 6.07) is 14.9. The predicted octanol–water partition coefficient (Wildman–Crippen LogP) is 3.58. The molecule has 0 fully saturated rings. The minimum atomic E-state index is -0.132. The fourth-order valence-corrected chi connectivity index (χ4v) is 2.19. The summed E-state index contributed by atoms with van der Waals surface area (Å²) in [5.74, 6) is 0.869. The SMILES string of the molecule is COc1cc(/C=C/C(=O)N(C)c2ccc(C)cc2)ccc1OCC#N. The molecule has 2 aromatic carbocycles. The summed E-state index contributed by atoms with van der Waals surface area (Å²) in [6.07, 6.45) is 3.22. The molecule has 0 N–H and O–H groups in total. The molecule has 0 radical (unpaired) electrons. The number of hydrogen-bond donors (Lipinski definition) is 0. The largest absolute Gasteiger partial charge is 0.493 e. The van der Waals surface area contributed by atoms with E-state index in [-0.39, 0.29) is 12.5 Å². The maximum absolute atomic E-state index is 12.3. The van der Waals surface area contributed by atoms with Crippen molar-refractivity contribution in [3.05, 3.63) is 59.7 Å². The van der Waals surface area contributed by atoms with Crippen molar-refractivity contribution >= 4 is 17.7 Å². The van der Waals surface area contributed by atoms with Gasteiger partial charge in [0, 0.05) is 18.8 Å². The highest BCUT2D eigenvalue weighted by molar-refractivity contribution is 6.03. The van der Waals surface area contributed by atoms with Crippen LogP contribution in [0.15, 0.2) is 48.5 Å². The van der Waals surface area contributed by atoms with Crippen LogP contribution in [-0.2, 0) is 4.79 Å². The van der Waals surface area contributed by atoms with Crippen molar-refractivity contribution in [3.8, 4) is 17.6 Å². The van der Waals surface area contributed by atoms with Crippen LogP contribution in [0.2, 0.25) is 0 Å². The second kappa shape index (κ2) is 8.55. The second-order valence-electron chi connectivity index (χ2n) is 5.42. The zero-order valence-corrected chi connectivity index (χ0v) is 14.5. The van der Waals surface area contributed by atoms with Crippen molar-refractivity contribution in [1.29, 1.82) is 5.26 Å². The predicted molar refractivity (Wildman–Crippen MR) is 97.7 cm³/mol. The third-order valence-corrected chi connectivity index (χ3v) is 3.65. The Morgan fingerprint density at radius 2 is 1.92 bits per heavy atom. The van der Waals surface area contributed by atoms with E-state index in [0.29, 0.717) is 11.5 Å². The van der Waals surface area contributed by atoms with Crippen molar-refractivity contribution < 1.29 is 14.3 Å². The Labute approximate surface area is 147 Å². The van der Waals surface area contributed by atoms with Gasteiger partial charge in [0.2, 0.25) is 0 Å². The molecule has 5 nitrogen and oxygen atoms in total. The van der Waals surface area contributed by atoms with Gasteiger partial charge < -0.3 is 14.4 Å². The number of nitrogens with zero attached hydrogens (tertiary/aromatic N) is 2. The molecule has 0 aliphatic rings. The summed E-state index contributed by atoms with van der Waals surface area (Å²) >= 11 is 0. The number of rotatable bonds is 6. The number of methoxy groups -OCH3 is 1. The Balaban J connectivity index is 2.11. The molecule has 0 bridgehead atoms. The summed E-state index contributed by atoms with van der Waals surface area (Å²) in [6.45, 7) is 1.95. The number of amides is 1. The number of likely N-dealkylation sites (N-methyl/N-ethyl adjacent to an activating group) is 1. The number of benzene rings is 2. The first-order chi connectivity index (χ1) is 12.0. The van der Waals surface area contributed by atoms with E-state index >= 15 is 0 Å². The highest BCUT2D eigenvalue weighted by Crippen LogP contribution is 2.28. The van der Waals surface area contributed by atoms with Crippen LogP contribution in [0.5, 0.6) is 11.5 Å². The fourth-order valence-electron chi connectivity index (χ4n) is 2.19. The van der Waals surface area contributed by atoms with Crippen LogP contribution in [0.4, 0.5) is 5.69 Å². The van der Waals surface area contributed by atoms with Gasteiger partial charge in [-0.25, -0.2) is 0 Å². The molecule has 0 saturated carbocycles. The first kappa shape index (κ1) is 18.1. The van der Waals surface area contributed by atoms with Gasteiger partial charge in [-0.05, 0) is 42.8 Å². The molecular formula is C20H20N2O3. The molecule has 1 amide bonds. The first-order valence-corrected chi connectivity index (χ1v) is 7.75. The number of hydrogen-bond acceptors (Lipinski definition) is 4. The lowest BCUT2D eigenvalue weighted by atomic mass is 10.1. The smallest absolute Gasteiger partial charge is 0.250 e. The van der Waals surface area contributed by atoms with Gasteiger partial charge in [0.05, 0.1) is 7.11 Å². The number of anilines is 1. The minimum absolute atomic E-state index is 0.0502. The number of carbonyl (C=O) groups excluding carboxylic acids is 1. The molecular weight excluding hydrogens is 316 g/mol. The normalized spacial score (nSPS) is 10.3. The summed E-state index contributed by atoms with van der Waals surface area (Å²) in [5, 5.41) is 8.58. The second-order valence-corrected chi connectivity index (χ2v) is 5.42. The topological polar surface area (TPSA) is 62.6 Å². The standard InChI is InChI=1S/C20H20N2O3/c1-15-4-8-17(9-5-15)22(2)20(23)11-7-16-6-10-18(25-13-12-21)19(14-16)24-3/h4-11,14H,13H2,1-3H3/b11-7+. The lowest BCUT2D eigenvalue weighted by Gasteiger charge is -2.15. The molecule has 5 heteroatoms. The molecule has 0 aliphatic carbocycles. The number of carbonyl (C=O) groups is 1. The van der Waals surface area contributed by atoms with E-state index in [4.69, 9.17) is 14.7 Å². The van der Waals surface area contributed by atoms with Crippen LogP contribution in [0.1, 0.15) is 11.1 Å². The van der Waals surface area contributed by atoms with E-state index in [2.05, 4.69) is 0 Å². The molecule has 0 unspecified atom stereocenters. The zero-order chi connectivity index (χ0) is 18.2. The Morgan fingerprint density at radius 1 is 1.20 bits per heavy atom. The Hall–Kier alpha value is -3.26. The third-order valence-electron chi connectivity index (χ3n) is 3.65. The van der Waals surface area contributed by atoms with E-state index in [1.165, 1.54) is 13.2 Å². The highest BCUT2D eigenvalue weighted by atomic mass is 16.5. The lowest BCUT2D eigenvalue weighted by Crippen LogP contribution is -2.23. The van der Waals surface area contributed by atoms with Gasteiger partial charge in [0.1, 0.15) is 6.07 Å². The third kappa shape index (κ3) is 4.85. The van der Waals surface area contributed by atoms with Gasteiger partial charge in [-0.3, -0.25) is 4.79 Å². The number of nitriles is 1. The zero-order valence-electron chi connectivity index (χ0n) is 14.5. The van der Waals surface area contributed by atoms with E-state index in [1.807, 2.05) is 37.3 Å². The summed E-state index contributed by atoms with van der Waals surface area (Å²) in [7, 11) is 3.26. The van der Waals surface area contributed by atoms with Crippen molar-refractivity contribution in [3.63, 3.8) is 0 Å². The van der Waals surface area contributed by atoms with Crippen LogP contribution in [0, 0.1) is 18.3 Å². The minimum Gasteiger partial charge on any atom is -0.493 e. The molecule has 25 heavy (non-hydrogen) atoms. The van der Waals surface area contributed by atoms with Crippen LogP contribution in [0.25, 0.3) is 6.08 Å². The molecule has 0 aromatic heterocycles. The summed E-state index contributed by atoms with van der Waals surface area (Å²) in [5.41, 5.74) is 2.77. The molecule has 0 heterocycles. The molecule has 2 rings (SSSR count). The van der Waals surface area contributed by atoms with Crippen LogP contribution >= 0.6 is 0 Å². The van der Waals surface area contributed by atoms with Crippen LogP contribution in [0.3, 0.4) is 0 Å². The maximum Gasteiger partial charge on any atom is 0.250 e. The van der Waals surface area contributed by atoms with Gasteiger partial charge in [0.15, 0.2) is 18.1 Å². The average molecular weight is 336 g/mol. The van der Waals surface area contributed by atoms with Gasteiger partial charge in [0.25, 0.3) is 5.91 Å². The maximum atomic E-state index is 12.3. The number of aryl methyl sites for hydroxylation is 1. The molecule has 0 saturated heterocycles. The van der Waals surface area contributed by atoms with Crippen molar-refractivity contribution in [2.45, 2.75) is 6.92 Å². The fraction of sp³-hybridized carbons (Fsp3) is 0.200. The monoisotopic (exact) mass is 336 g/mol. The van der Waals surface area contributed by atoms with Gasteiger partial charge in [-0.1, -0.05) is 23.8 Å². The van der Waals surface area contributed by atoms with Gasteiger partial charge in [-0.2, -0.15) is 5.26 Å². The molecule has 0 atom stereocenters. The Morgan fingerprint density at radius 3 is 2.56 bits per heavy atom. The average Bonchev–Trinajstić information content (AvgIpc) is 2.64. The summed E-state index contributed by atoms with van der Waals surface area (Å²) < 4.78 is 10.5. The molecule has 0 spiro atoms. The highest BCUT2D eigenvalue weighted by Gasteiger charge is 2.08. The van der Waals surface area contributed by atoms with E-state index < -0.39 is 0 Å². The van der Waals surface area contributed by atoms with E-state index in [9.17, 15) is 4.79 Å². The molecule has 2 aromatic rings. The lowest BCUT2D eigenvalue weighted by molar-refractivity contribution is -0.113. The Bertz CT molecular complexity index is 805. The van der Waals surface area contributed by atoms with Crippen molar-refractivity contribution in [2.24, 2.45) is 0 Å². The van der Waals surface area contributed by atoms with Crippen LogP contribution < -0.4 is 14.4 Å². The summed E-state index contributed by atoms with van der Waals surface area (Å²) in [4.78, 5) is 13.9. The van der Waals surface area contributed by atoms with Crippen molar-refractivity contribution in [1.82, 2.24) is 0 Å². The first-order valence-electron chi connectivity index (χ1n) is 7.75. The number of ether oxygens (including phenoxy) is 2. The Kier molecular flexibility index (Phi) is 6.19. The van der Waals surface area contributed by atoms with E-state index in [1.54, 1.807) is 36.2 Å². The molecule has 128 valence electrons. The molecule has 0 aliphatic heterocycles. The van der Waals surface area contributed by atoms with E-state index in [0.717, 1.165) is 16.8 Å². The quantitative estimate of drug-likeness (QED) is 0.756.